The van der Waals surface area contributed by atoms with Gasteiger partial charge in [-0.1, -0.05) is 19.8 Å². The van der Waals surface area contributed by atoms with Crippen molar-refractivity contribution in [2.24, 2.45) is 11.7 Å². The van der Waals surface area contributed by atoms with Gasteiger partial charge in [0.1, 0.15) is 0 Å². The molecule has 1 saturated carbocycles. The molecule has 19 heavy (non-hydrogen) atoms. The van der Waals surface area contributed by atoms with Crippen LogP contribution in [0, 0.1) is 12.3 Å². The average molecular weight is 267 g/mol. The molecule has 1 spiro atoms. The second-order valence-corrected chi connectivity index (χ2v) is 5.85. The number of primary amides is 1. The highest BCUT2D eigenvalue weighted by molar-refractivity contribution is 5.86. The number of hydrogen-bond acceptors (Lipinski definition) is 3. The van der Waals surface area contributed by atoms with Crippen LogP contribution in [0.25, 0.3) is 0 Å². The van der Waals surface area contributed by atoms with Gasteiger partial charge in [0.2, 0.25) is 11.8 Å². The topological polar surface area (TPSA) is 81.4 Å². The fraction of sp³-hybridized carbons (Fsp3) is 0.786. The zero-order valence-corrected chi connectivity index (χ0v) is 11.5. The SMILES string of the molecule is CC(C[CH]C(=O)N[C@@H]1COC2(CCCC2)C1)C(N)=O. The molecule has 107 valence electrons. The number of hydrogen-bond donors (Lipinski definition) is 2. The molecule has 2 aliphatic rings. The summed E-state index contributed by atoms with van der Waals surface area (Å²) in [5.74, 6) is -0.804. The number of carbonyl (C=O) groups is 2. The second-order valence-electron chi connectivity index (χ2n) is 5.85. The maximum Gasteiger partial charge on any atom is 0.224 e. The van der Waals surface area contributed by atoms with Crippen molar-refractivity contribution in [3.8, 4) is 0 Å². The van der Waals surface area contributed by atoms with Crippen LogP contribution < -0.4 is 11.1 Å². The van der Waals surface area contributed by atoms with Gasteiger partial charge in [-0.25, -0.2) is 0 Å². The van der Waals surface area contributed by atoms with Gasteiger partial charge in [-0.3, -0.25) is 9.59 Å². The van der Waals surface area contributed by atoms with Crippen LogP contribution in [0.2, 0.25) is 0 Å². The van der Waals surface area contributed by atoms with Gasteiger partial charge in [0.25, 0.3) is 0 Å². The molecule has 0 bridgehead atoms. The van der Waals surface area contributed by atoms with E-state index in [0.717, 1.165) is 19.3 Å². The van der Waals surface area contributed by atoms with E-state index in [-0.39, 0.29) is 29.4 Å². The zero-order valence-electron chi connectivity index (χ0n) is 11.5. The molecule has 0 aromatic heterocycles. The third-order valence-corrected chi connectivity index (χ3v) is 4.21. The van der Waals surface area contributed by atoms with Crippen molar-refractivity contribution >= 4 is 11.8 Å². The third-order valence-electron chi connectivity index (χ3n) is 4.21. The van der Waals surface area contributed by atoms with Crippen LogP contribution in [0.4, 0.5) is 0 Å². The number of nitrogens with one attached hydrogen (secondary N) is 1. The van der Waals surface area contributed by atoms with E-state index >= 15 is 0 Å². The molecule has 1 heterocycles. The van der Waals surface area contributed by atoms with E-state index in [1.165, 1.54) is 19.3 Å². The number of ether oxygens (including phenoxy) is 1. The summed E-state index contributed by atoms with van der Waals surface area (Å²) in [7, 11) is 0. The lowest BCUT2D eigenvalue weighted by Crippen LogP contribution is -2.37. The van der Waals surface area contributed by atoms with Crippen LogP contribution in [-0.4, -0.2) is 30.1 Å². The van der Waals surface area contributed by atoms with E-state index in [4.69, 9.17) is 10.5 Å². The van der Waals surface area contributed by atoms with E-state index in [0.29, 0.717) is 13.0 Å². The Morgan fingerprint density at radius 3 is 2.79 bits per heavy atom. The predicted octanol–water partition coefficient (Wildman–Crippen LogP) is 0.920. The summed E-state index contributed by atoms with van der Waals surface area (Å²) in [5, 5.41) is 2.95. The first-order valence-electron chi connectivity index (χ1n) is 7.08. The van der Waals surface area contributed by atoms with Crippen LogP contribution in [0.15, 0.2) is 0 Å². The van der Waals surface area contributed by atoms with Crippen molar-refractivity contribution in [1.82, 2.24) is 5.32 Å². The predicted molar refractivity (Wildman–Crippen MR) is 71.0 cm³/mol. The van der Waals surface area contributed by atoms with Gasteiger partial charge in [-0.05, 0) is 25.7 Å². The molecule has 3 N–H and O–H groups in total. The number of nitrogens with two attached hydrogens (primary N) is 1. The molecular formula is C14H23N2O3. The number of rotatable bonds is 5. The monoisotopic (exact) mass is 267 g/mol. The molecule has 1 saturated heterocycles. The quantitative estimate of drug-likeness (QED) is 0.777. The molecule has 1 aliphatic carbocycles. The third kappa shape index (κ3) is 3.69. The molecule has 1 radical (unpaired) electrons. The van der Waals surface area contributed by atoms with Crippen LogP contribution in [-0.2, 0) is 14.3 Å². The second kappa shape index (κ2) is 5.90. The Morgan fingerprint density at radius 2 is 2.16 bits per heavy atom. The molecule has 0 aromatic carbocycles. The Balaban J connectivity index is 1.70. The van der Waals surface area contributed by atoms with Gasteiger partial charge in [-0.15, -0.1) is 0 Å². The van der Waals surface area contributed by atoms with Gasteiger partial charge in [0.15, 0.2) is 0 Å². The van der Waals surface area contributed by atoms with Crippen molar-refractivity contribution in [3.63, 3.8) is 0 Å². The molecule has 5 nitrogen and oxygen atoms in total. The largest absolute Gasteiger partial charge is 0.373 e. The van der Waals surface area contributed by atoms with Gasteiger partial charge in [0, 0.05) is 5.92 Å². The smallest absolute Gasteiger partial charge is 0.224 e. The fourth-order valence-electron chi connectivity index (χ4n) is 2.96. The van der Waals surface area contributed by atoms with Crippen molar-refractivity contribution < 1.29 is 14.3 Å². The van der Waals surface area contributed by atoms with Crippen LogP contribution in [0.3, 0.4) is 0 Å². The average Bonchev–Trinajstić information content (AvgIpc) is 2.97. The van der Waals surface area contributed by atoms with E-state index in [9.17, 15) is 9.59 Å². The highest BCUT2D eigenvalue weighted by Crippen LogP contribution is 2.40. The van der Waals surface area contributed by atoms with Gasteiger partial charge in [0.05, 0.1) is 24.7 Å². The first-order chi connectivity index (χ1) is 9.01. The zero-order chi connectivity index (χ0) is 13.9. The lowest BCUT2D eigenvalue weighted by molar-refractivity contribution is -0.121. The van der Waals surface area contributed by atoms with E-state index in [1.54, 1.807) is 6.92 Å². The molecule has 5 heteroatoms. The molecule has 2 fully saturated rings. The van der Waals surface area contributed by atoms with Crippen LogP contribution >= 0.6 is 0 Å². The molecule has 1 unspecified atom stereocenters. The first-order valence-corrected chi connectivity index (χ1v) is 7.08. The minimum Gasteiger partial charge on any atom is -0.373 e. The van der Waals surface area contributed by atoms with E-state index in [1.807, 2.05) is 0 Å². The lowest BCUT2D eigenvalue weighted by atomic mass is 9.96. The molecule has 2 amide bonds. The minimum absolute atomic E-state index is 0.0263. The summed E-state index contributed by atoms with van der Waals surface area (Å²) in [6.07, 6.45) is 7.49. The van der Waals surface area contributed by atoms with E-state index in [2.05, 4.69) is 5.32 Å². The fourth-order valence-corrected chi connectivity index (χ4v) is 2.96. The Bertz CT molecular complexity index is 351. The van der Waals surface area contributed by atoms with Crippen molar-refractivity contribution in [2.45, 2.75) is 57.1 Å². The summed E-state index contributed by atoms with van der Waals surface area (Å²) in [4.78, 5) is 22.6. The maximum absolute atomic E-state index is 11.8. The molecule has 2 rings (SSSR count). The number of amides is 2. The summed E-state index contributed by atoms with van der Waals surface area (Å²) >= 11 is 0. The molecule has 1 aliphatic heterocycles. The summed E-state index contributed by atoms with van der Waals surface area (Å²) in [6.45, 7) is 2.32. The van der Waals surface area contributed by atoms with Crippen molar-refractivity contribution in [1.29, 1.82) is 0 Å². The number of carbonyl (C=O) groups excluding carboxylic acids is 2. The summed E-state index contributed by atoms with van der Waals surface area (Å²) in [6, 6.07) is 0.103. The maximum atomic E-state index is 11.8. The molecule has 0 aromatic rings. The Morgan fingerprint density at radius 1 is 1.47 bits per heavy atom. The van der Waals surface area contributed by atoms with Gasteiger partial charge in [-0.2, -0.15) is 0 Å². The molecule has 2 atom stereocenters. The van der Waals surface area contributed by atoms with Gasteiger partial charge >= 0.3 is 0 Å². The Hall–Kier alpha value is -1.10. The Kier molecular flexibility index (Phi) is 4.45. The Labute approximate surface area is 114 Å². The lowest BCUT2D eigenvalue weighted by Gasteiger charge is -2.21. The van der Waals surface area contributed by atoms with Gasteiger partial charge < -0.3 is 15.8 Å². The standard InChI is InChI=1S/C14H23N2O3/c1-10(13(15)18)4-5-12(17)16-11-8-14(19-9-11)6-2-3-7-14/h5,10-11H,2-4,6-9H2,1H3,(H2,15,18)(H,16,17)/t10?,11-/m0/s1. The highest BCUT2D eigenvalue weighted by atomic mass is 16.5. The summed E-state index contributed by atoms with van der Waals surface area (Å²) in [5.41, 5.74) is 5.18. The van der Waals surface area contributed by atoms with Crippen molar-refractivity contribution in [2.75, 3.05) is 6.61 Å². The first kappa shape index (κ1) is 14.3. The van der Waals surface area contributed by atoms with E-state index < -0.39 is 0 Å². The van der Waals surface area contributed by atoms with Crippen LogP contribution in [0.5, 0.6) is 0 Å². The highest BCUT2D eigenvalue weighted by Gasteiger charge is 2.42. The summed E-state index contributed by atoms with van der Waals surface area (Å²) < 4.78 is 5.88. The normalized spacial score (nSPS) is 26.5. The van der Waals surface area contributed by atoms with Crippen molar-refractivity contribution in [3.05, 3.63) is 6.42 Å². The van der Waals surface area contributed by atoms with Crippen LogP contribution in [0.1, 0.15) is 45.4 Å². The minimum atomic E-state index is -0.377. The molecular weight excluding hydrogens is 244 g/mol.